The highest BCUT2D eigenvalue weighted by molar-refractivity contribution is 8.00. The SMILES string of the molecule is C=C[C@]1(C)C[C@@H](OC(=O)CS[C@@H]2[C@@H](CCNC(=O)C(F)(F)F)CC[C@H]2O)[C@]2(C)C(C)CCC3(CCC(=O)[C@H]32)[C@@H](C)C1O. The number of amides is 1. The lowest BCUT2D eigenvalue weighted by molar-refractivity contribution is -0.205. The molecule has 42 heavy (non-hydrogen) atoms. The Morgan fingerprint density at radius 2 is 1.86 bits per heavy atom. The largest absolute Gasteiger partial charge is 0.471 e. The van der Waals surface area contributed by atoms with Crippen molar-refractivity contribution in [2.45, 2.75) is 109 Å². The van der Waals surface area contributed by atoms with Crippen molar-refractivity contribution in [3.05, 3.63) is 12.7 Å². The maximum Gasteiger partial charge on any atom is 0.471 e. The van der Waals surface area contributed by atoms with E-state index in [-0.39, 0.29) is 58.8 Å². The van der Waals surface area contributed by atoms with Crippen LogP contribution < -0.4 is 5.32 Å². The molecule has 0 aromatic rings. The van der Waals surface area contributed by atoms with Crippen LogP contribution in [0.15, 0.2) is 12.7 Å². The Labute approximate surface area is 250 Å². The van der Waals surface area contributed by atoms with Gasteiger partial charge in [0, 0.05) is 35.0 Å². The summed E-state index contributed by atoms with van der Waals surface area (Å²) in [6.07, 6.45) is -0.831. The minimum atomic E-state index is -4.95. The smallest absolute Gasteiger partial charge is 0.461 e. The third kappa shape index (κ3) is 5.78. The maximum absolute atomic E-state index is 13.5. The summed E-state index contributed by atoms with van der Waals surface area (Å²) in [7, 11) is 0. The average Bonchev–Trinajstić information content (AvgIpc) is 3.47. The van der Waals surface area contributed by atoms with Gasteiger partial charge in [-0.05, 0) is 68.1 Å². The van der Waals surface area contributed by atoms with E-state index in [4.69, 9.17) is 4.74 Å². The molecule has 238 valence electrons. The number of carbonyl (C=O) groups is 3. The van der Waals surface area contributed by atoms with Gasteiger partial charge in [0.1, 0.15) is 11.9 Å². The molecule has 0 saturated heterocycles. The Bertz CT molecular complexity index is 1070. The molecule has 4 rings (SSSR count). The van der Waals surface area contributed by atoms with Crippen LogP contribution in [0.2, 0.25) is 0 Å². The van der Waals surface area contributed by atoms with Crippen molar-refractivity contribution in [2.75, 3.05) is 12.3 Å². The summed E-state index contributed by atoms with van der Waals surface area (Å²) in [6.45, 7) is 12.0. The van der Waals surface area contributed by atoms with E-state index >= 15 is 0 Å². The molecule has 0 spiro atoms. The van der Waals surface area contributed by atoms with Crippen molar-refractivity contribution < 1.29 is 42.5 Å². The minimum Gasteiger partial charge on any atom is -0.461 e. The molecule has 3 unspecified atom stereocenters. The summed E-state index contributed by atoms with van der Waals surface area (Å²) in [5.74, 6) is -2.89. The van der Waals surface area contributed by atoms with E-state index in [1.54, 1.807) is 6.08 Å². The highest BCUT2D eigenvalue weighted by Crippen LogP contribution is 2.68. The number of hydrogen-bond acceptors (Lipinski definition) is 7. The highest BCUT2D eigenvalue weighted by Gasteiger charge is 2.68. The first kappa shape index (κ1) is 33.3. The molecule has 3 N–H and O–H groups in total. The second kappa shape index (κ2) is 12.1. The molecule has 0 aliphatic heterocycles. The third-order valence-electron chi connectivity index (χ3n) is 11.7. The zero-order valence-electron chi connectivity index (χ0n) is 25.0. The van der Waals surface area contributed by atoms with Gasteiger partial charge in [0.15, 0.2) is 0 Å². The van der Waals surface area contributed by atoms with E-state index in [2.05, 4.69) is 27.4 Å². The number of Topliss-reactive ketones (excluding diaryl/α,β-unsaturated/α-hetero) is 1. The lowest BCUT2D eigenvalue weighted by Crippen LogP contribution is -2.63. The van der Waals surface area contributed by atoms with Gasteiger partial charge >= 0.3 is 18.1 Å². The minimum absolute atomic E-state index is 0.0678. The third-order valence-corrected chi connectivity index (χ3v) is 13.2. The van der Waals surface area contributed by atoms with Crippen molar-refractivity contribution >= 4 is 29.4 Å². The van der Waals surface area contributed by atoms with E-state index in [9.17, 15) is 37.8 Å². The van der Waals surface area contributed by atoms with Crippen molar-refractivity contribution in [3.8, 4) is 0 Å². The summed E-state index contributed by atoms with van der Waals surface area (Å²) in [5.41, 5.74) is -1.74. The Balaban J connectivity index is 1.50. The fourth-order valence-electron chi connectivity index (χ4n) is 8.91. The predicted octanol–water partition coefficient (Wildman–Crippen LogP) is 4.83. The second-order valence-electron chi connectivity index (χ2n) is 13.8. The number of carbonyl (C=O) groups excluding carboxylic acids is 3. The van der Waals surface area contributed by atoms with E-state index in [0.717, 1.165) is 12.8 Å². The monoisotopic (exact) mass is 617 g/mol. The molecule has 2 bridgehead atoms. The molecule has 11 atom stereocenters. The highest BCUT2D eigenvalue weighted by atomic mass is 32.2. The summed E-state index contributed by atoms with van der Waals surface area (Å²) >= 11 is 1.22. The number of ether oxygens (including phenoxy) is 1. The van der Waals surface area contributed by atoms with Gasteiger partial charge in [-0.25, -0.2) is 0 Å². The molecule has 0 aromatic heterocycles. The lowest BCUT2D eigenvalue weighted by Gasteiger charge is -2.61. The van der Waals surface area contributed by atoms with Crippen molar-refractivity contribution in [1.82, 2.24) is 5.32 Å². The molecule has 0 heterocycles. The fourth-order valence-corrected chi connectivity index (χ4v) is 10.2. The lowest BCUT2D eigenvalue weighted by atomic mass is 9.44. The number of nitrogens with one attached hydrogen (secondary N) is 1. The Hall–Kier alpha value is -1.59. The summed E-state index contributed by atoms with van der Waals surface area (Å²) in [5, 5.41) is 23.7. The number of aliphatic hydroxyl groups is 2. The van der Waals surface area contributed by atoms with Gasteiger partial charge < -0.3 is 20.3 Å². The zero-order chi connectivity index (χ0) is 31.3. The van der Waals surface area contributed by atoms with E-state index in [0.29, 0.717) is 32.1 Å². The topological polar surface area (TPSA) is 113 Å². The second-order valence-corrected chi connectivity index (χ2v) is 15.0. The van der Waals surface area contributed by atoms with Crippen LogP contribution in [0.1, 0.15) is 79.1 Å². The average molecular weight is 618 g/mol. The number of halogens is 3. The summed E-state index contributed by atoms with van der Waals surface area (Å²) in [4.78, 5) is 38.1. The van der Waals surface area contributed by atoms with E-state index < -0.39 is 47.2 Å². The van der Waals surface area contributed by atoms with Crippen molar-refractivity contribution in [3.63, 3.8) is 0 Å². The quantitative estimate of drug-likeness (QED) is 0.264. The molecular formula is C31H46F3NO6S. The molecule has 4 aliphatic carbocycles. The number of alkyl halides is 3. The van der Waals surface area contributed by atoms with Crippen LogP contribution in [0.3, 0.4) is 0 Å². The summed E-state index contributed by atoms with van der Waals surface area (Å²) < 4.78 is 43.8. The number of aliphatic hydroxyl groups excluding tert-OH is 2. The molecule has 11 heteroatoms. The van der Waals surface area contributed by atoms with Crippen LogP contribution in [-0.4, -0.2) is 69.9 Å². The van der Waals surface area contributed by atoms with Gasteiger partial charge in [0.2, 0.25) is 0 Å². The fraction of sp³-hybridized carbons (Fsp3) is 0.839. The van der Waals surface area contributed by atoms with Gasteiger partial charge in [-0.2, -0.15) is 13.2 Å². The number of hydrogen-bond donors (Lipinski definition) is 3. The first-order valence-electron chi connectivity index (χ1n) is 15.2. The Morgan fingerprint density at radius 1 is 1.17 bits per heavy atom. The molecule has 4 fully saturated rings. The first-order chi connectivity index (χ1) is 19.5. The van der Waals surface area contributed by atoms with Crippen LogP contribution >= 0.6 is 11.8 Å². The zero-order valence-corrected chi connectivity index (χ0v) is 25.9. The van der Waals surface area contributed by atoms with Gasteiger partial charge in [0.05, 0.1) is 18.0 Å². The number of esters is 1. The van der Waals surface area contributed by atoms with Crippen LogP contribution in [-0.2, 0) is 19.1 Å². The number of ketones is 1. The van der Waals surface area contributed by atoms with Crippen LogP contribution in [0.5, 0.6) is 0 Å². The molecule has 7 nitrogen and oxygen atoms in total. The standard InChI is InChI=1S/C31H46F3NO6S/c1-6-28(4)15-22(29(5)17(2)9-12-30(18(3)26(28)39)13-10-21(37)25(29)30)41-23(38)16-42-24-19(7-8-20(24)36)11-14-35-27(40)31(32,33)34/h6,17-20,22,24-26,36,39H,1,7-16H2,2-5H3,(H,35,40)/t17?,18-,19+,20+,22+,24+,25-,26?,28+,29-,30?/m0/s1. The molecule has 4 aliphatic rings. The van der Waals surface area contributed by atoms with Crippen LogP contribution in [0.4, 0.5) is 13.2 Å². The maximum atomic E-state index is 13.5. The Kier molecular flexibility index (Phi) is 9.57. The van der Waals surface area contributed by atoms with Gasteiger partial charge in [-0.1, -0.05) is 33.8 Å². The molecule has 0 radical (unpaired) electrons. The number of thioether (sulfide) groups is 1. The normalized spacial score (nSPS) is 43.7. The Morgan fingerprint density at radius 3 is 2.50 bits per heavy atom. The van der Waals surface area contributed by atoms with E-state index in [1.165, 1.54) is 11.8 Å². The molecule has 1 amide bonds. The first-order valence-corrected chi connectivity index (χ1v) is 16.2. The molecule has 4 saturated carbocycles. The van der Waals surface area contributed by atoms with Crippen LogP contribution in [0, 0.1) is 39.9 Å². The molecule has 0 aromatic carbocycles. The van der Waals surface area contributed by atoms with Gasteiger partial charge in [-0.15, -0.1) is 18.3 Å². The van der Waals surface area contributed by atoms with E-state index in [1.807, 2.05) is 12.2 Å². The molecular weight excluding hydrogens is 571 g/mol. The summed E-state index contributed by atoms with van der Waals surface area (Å²) in [6, 6.07) is 0. The predicted molar refractivity (Wildman–Crippen MR) is 153 cm³/mol. The van der Waals surface area contributed by atoms with Crippen LogP contribution in [0.25, 0.3) is 0 Å². The van der Waals surface area contributed by atoms with Crippen molar-refractivity contribution in [2.24, 2.45) is 39.9 Å². The van der Waals surface area contributed by atoms with Crippen molar-refractivity contribution in [1.29, 1.82) is 0 Å². The van der Waals surface area contributed by atoms with Gasteiger partial charge in [-0.3, -0.25) is 14.4 Å². The van der Waals surface area contributed by atoms with Gasteiger partial charge in [0.25, 0.3) is 0 Å². The number of rotatable bonds is 8.